The Kier molecular flexibility index (Phi) is 7.36. The lowest BCUT2D eigenvalue weighted by atomic mass is 10.2. The van der Waals surface area contributed by atoms with Crippen LogP contribution in [0.1, 0.15) is 24.0 Å². The molecule has 2 aromatic rings. The number of nitrogens with zero attached hydrogens (tertiary/aromatic N) is 2. The largest absolute Gasteiger partial charge is 0.378 e. The number of amides is 2. The predicted molar refractivity (Wildman–Crippen MR) is 104 cm³/mol. The van der Waals surface area contributed by atoms with E-state index in [0.717, 1.165) is 16.8 Å². The SMILES string of the molecule is CN(C)c1ccc(/C=N\NC(=O)CCC(=O)NCc2ccccc2)cc1. The smallest absolute Gasteiger partial charge is 0.240 e. The maximum atomic E-state index is 11.8. The summed E-state index contributed by atoms with van der Waals surface area (Å²) in [6.45, 7) is 0.461. The van der Waals surface area contributed by atoms with Crippen molar-refractivity contribution in [1.29, 1.82) is 0 Å². The van der Waals surface area contributed by atoms with Crippen molar-refractivity contribution in [2.45, 2.75) is 19.4 Å². The van der Waals surface area contributed by atoms with Crippen LogP contribution in [0.5, 0.6) is 0 Å². The molecule has 0 atom stereocenters. The molecule has 0 bridgehead atoms. The first kappa shape index (κ1) is 19.2. The van der Waals surface area contributed by atoms with Gasteiger partial charge in [0.2, 0.25) is 11.8 Å². The number of hydrazone groups is 1. The van der Waals surface area contributed by atoms with E-state index in [2.05, 4.69) is 15.8 Å². The van der Waals surface area contributed by atoms with Gasteiger partial charge in [-0.1, -0.05) is 42.5 Å². The van der Waals surface area contributed by atoms with E-state index >= 15 is 0 Å². The highest BCUT2D eigenvalue weighted by molar-refractivity contribution is 5.85. The van der Waals surface area contributed by atoms with Crippen LogP contribution in [-0.2, 0) is 16.1 Å². The molecule has 2 rings (SSSR count). The van der Waals surface area contributed by atoms with Crippen molar-refractivity contribution in [2.24, 2.45) is 5.10 Å². The van der Waals surface area contributed by atoms with Crippen molar-refractivity contribution in [1.82, 2.24) is 10.7 Å². The standard InChI is InChI=1S/C20H24N4O2/c1-24(2)18-10-8-17(9-11-18)15-22-23-20(26)13-12-19(25)21-14-16-6-4-3-5-7-16/h3-11,15H,12-14H2,1-2H3,(H,21,25)(H,23,26)/b22-15-. The van der Waals surface area contributed by atoms with Crippen LogP contribution in [-0.4, -0.2) is 32.1 Å². The Morgan fingerprint density at radius 3 is 2.27 bits per heavy atom. The molecule has 26 heavy (non-hydrogen) atoms. The molecule has 0 aliphatic rings. The van der Waals surface area contributed by atoms with Crippen LogP contribution in [0.4, 0.5) is 5.69 Å². The molecule has 0 aliphatic carbocycles. The number of rotatable bonds is 8. The minimum atomic E-state index is -0.291. The van der Waals surface area contributed by atoms with E-state index < -0.39 is 0 Å². The Morgan fingerprint density at radius 2 is 1.62 bits per heavy atom. The average Bonchev–Trinajstić information content (AvgIpc) is 2.66. The Hall–Kier alpha value is -3.15. The summed E-state index contributed by atoms with van der Waals surface area (Å²) in [4.78, 5) is 25.5. The van der Waals surface area contributed by atoms with Crippen LogP contribution in [0.25, 0.3) is 0 Å². The zero-order valence-corrected chi connectivity index (χ0v) is 15.1. The summed E-state index contributed by atoms with van der Waals surface area (Å²) >= 11 is 0. The van der Waals surface area contributed by atoms with Crippen molar-refractivity contribution in [2.75, 3.05) is 19.0 Å². The number of hydrogen-bond donors (Lipinski definition) is 2. The van der Waals surface area contributed by atoms with Gasteiger partial charge in [0.1, 0.15) is 0 Å². The summed E-state index contributed by atoms with van der Waals surface area (Å²) < 4.78 is 0. The van der Waals surface area contributed by atoms with Gasteiger partial charge in [-0.3, -0.25) is 9.59 Å². The third kappa shape index (κ3) is 6.76. The van der Waals surface area contributed by atoms with Crippen molar-refractivity contribution in [3.05, 3.63) is 65.7 Å². The first-order chi connectivity index (χ1) is 12.5. The molecular formula is C20H24N4O2. The van der Waals surface area contributed by atoms with Crippen LogP contribution in [0.2, 0.25) is 0 Å². The first-order valence-corrected chi connectivity index (χ1v) is 8.44. The molecule has 0 fully saturated rings. The molecular weight excluding hydrogens is 328 g/mol. The Morgan fingerprint density at radius 1 is 0.962 bits per heavy atom. The molecule has 2 N–H and O–H groups in total. The summed E-state index contributed by atoms with van der Waals surface area (Å²) in [5.74, 6) is -0.451. The highest BCUT2D eigenvalue weighted by atomic mass is 16.2. The Balaban J connectivity index is 1.67. The molecule has 2 aromatic carbocycles. The van der Waals surface area contributed by atoms with Gasteiger partial charge < -0.3 is 10.2 Å². The Labute approximate surface area is 153 Å². The van der Waals surface area contributed by atoms with Crippen molar-refractivity contribution in [3.63, 3.8) is 0 Å². The number of anilines is 1. The van der Waals surface area contributed by atoms with Gasteiger partial charge in [0, 0.05) is 39.2 Å². The molecule has 0 aliphatic heterocycles. The van der Waals surface area contributed by atoms with E-state index in [1.807, 2.05) is 73.6 Å². The molecule has 2 amide bonds. The van der Waals surface area contributed by atoms with E-state index in [0.29, 0.717) is 6.54 Å². The summed E-state index contributed by atoms with van der Waals surface area (Å²) in [7, 11) is 3.94. The van der Waals surface area contributed by atoms with Crippen molar-refractivity contribution in [3.8, 4) is 0 Å². The quantitative estimate of drug-likeness (QED) is 0.565. The maximum Gasteiger partial charge on any atom is 0.240 e. The molecule has 0 radical (unpaired) electrons. The highest BCUT2D eigenvalue weighted by Gasteiger charge is 2.06. The molecule has 0 heterocycles. The summed E-state index contributed by atoms with van der Waals surface area (Å²) in [5.41, 5.74) is 5.44. The van der Waals surface area contributed by atoms with Crippen molar-refractivity contribution < 1.29 is 9.59 Å². The summed E-state index contributed by atoms with van der Waals surface area (Å²) in [6, 6.07) is 17.4. The van der Waals surface area contributed by atoms with Crippen molar-refractivity contribution >= 4 is 23.7 Å². The Bertz CT molecular complexity index is 740. The number of carbonyl (C=O) groups is 2. The molecule has 0 saturated heterocycles. The predicted octanol–water partition coefficient (Wildman–Crippen LogP) is 2.30. The van der Waals surface area contributed by atoms with Gasteiger partial charge in [0.05, 0.1) is 6.21 Å². The van der Waals surface area contributed by atoms with Gasteiger partial charge in [0.15, 0.2) is 0 Å². The topological polar surface area (TPSA) is 73.8 Å². The van der Waals surface area contributed by atoms with Crippen LogP contribution in [0.15, 0.2) is 59.7 Å². The van der Waals surface area contributed by atoms with Gasteiger partial charge in [-0.25, -0.2) is 5.43 Å². The molecule has 0 saturated carbocycles. The zero-order chi connectivity index (χ0) is 18.8. The number of nitrogens with one attached hydrogen (secondary N) is 2. The van der Waals surface area contributed by atoms with E-state index in [4.69, 9.17) is 0 Å². The van der Waals surface area contributed by atoms with Gasteiger partial charge in [-0.05, 0) is 23.3 Å². The van der Waals surface area contributed by atoms with E-state index in [-0.39, 0.29) is 24.7 Å². The molecule has 6 heteroatoms. The van der Waals surface area contributed by atoms with Crippen LogP contribution < -0.4 is 15.6 Å². The lowest BCUT2D eigenvalue weighted by Crippen LogP contribution is -2.25. The second-order valence-corrected chi connectivity index (χ2v) is 6.04. The molecule has 0 unspecified atom stereocenters. The molecule has 136 valence electrons. The fourth-order valence-electron chi connectivity index (χ4n) is 2.21. The summed E-state index contributed by atoms with van der Waals surface area (Å²) in [6.07, 6.45) is 1.80. The molecule has 0 aromatic heterocycles. The fraction of sp³-hybridized carbons (Fsp3) is 0.250. The highest BCUT2D eigenvalue weighted by Crippen LogP contribution is 2.10. The molecule has 6 nitrogen and oxygen atoms in total. The molecule has 0 spiro atoms. The lowest BCUT2D eigenvalue weighted by molar-refractivity contribution is -0.126. The number of carbonyl (C=O) groups excluding carboxylic acids is 2. The minimum absolute atomic E-state index is 0.0948. The third-order valence-electron chi connectivity index (χ3n) is 3.72. The second kappa shape index (κ2) is 9.98. The van der Waals surface area contributed by atoms with Crippen LogP contribution in [0, 0.1) is 0 Å². The number of benzene rings is 2. The maximum absolute atomic E-state index is 11.8. The normalized spacial score (nSPS) is 10.5. The zero-order valence-electron chi connectivity index (χ0n) is 15.1. The van der Waals surface area contributed by atoms with E-state index in [9.17, 15) is 9.59 Å². The van der Waals surface area contributed by atoms with Gasteiger partial charge in [-0.15, -0.1) is 0 Å². The van der Waals surface area contributed by atoms with Gasteiger partial charge >= 0.3 is 0 Å². The third-order valence-corrected chi connectivity index (χ3v) is 3.72. The lowest BCUT2D eigenvalue weighted by Gasteiger charge is -2.11. The number of hydrogen-bond acceptors (Lipinski definition) is 4. The second-order valence-electron chi connectivity index (χ2n) is 6.04. The minimum Gasteiger partial charge on any atom is -0.378 e. The fourth-order valence-corrected chi connectivity index (χ4v) is 2.21. The van der Waals surface area contributed by atoms with E-state index in [1.165, 1.54) is 0 Å². The van der Waals surface area contributed by atoms with Crippen LogP contribution in [0.3, 0.4) is 0 Å². The average molecular weight is 352 g/mol. The van der Waals surface area contributed by atoms with Crippen LogP contribution >= 0.6 is 0 Å². The van der Waals surface area contributed by atoms with Gasteiger partial charge in [0.25, 0.3) is 0 Å². The summed E-state index contributed by atoms with van der Waals surface area (Å²) in [5, 5.41) is 6.71. The first-order valence-electron chi connectivity index (χ1n) is 8.44. The van der Waals surface area contributed by atoms with E-state index in [1.54, 1.807) is 6.21 Å². The van der Waals surface area contributed by atoms with Gasteiger partial charge in [-0.2, -0.15) is 5.10 Å². The monoisotopic (exact) mass is 352 g/mol.